The summed E-state index contributed by atoms with van der Waals surface area (Å²) < 4.78 is 38.0. The van der Waals surface area contributed by atoms with E-state index in [4.69, 9.17) is 0 Å². The Morgan fingerprint density at radius 3 is 2.45 bits per heavy atom. The zero-order valence-electron chi connectivity index (χ0n) is 11.0. The highest BCUT2D eigenvalue weighted by Crippen LogP contribution is 2.31. The lowest BCUT2D eigenvalue weighted by Gasteiger charge is -2.13. The summed E-state index contributed by atoms with van der Waals surface area (Å²) in [5.41, 5.74) is 1.55. The molecule has 2 aromatic rings. The summed E-state index contributed by atoms with van der Waals surface area (Å²) in [6, 6.07) is 12.7. The molecule has 0 amide bonds. The fraction of sp³-hybridized carbons (Fsp3) is 0.200. The second-order valence-electron chi connectivity index (χ2n) is 4.39. The monoisotopic (exact) mass is 280 g/mol. The van der Waals surface area contributed by atoms with Crippen LogP contribution in [0.3, 0.4) is 0 Å². The minimum absolute atomic E-state index is 0.420. The zero-order chi connectivity index (χ0) is 14.6. The first-order chi connectivity index (χ1) is 9.50. The van der Waals surface area contributed by atoms with E-state index in [1.54, 1.807) is 6.07 Å². The van der Waals surface area contributed by atoms with Gasteiger partial charge in [0.25, 0.3) is 0 Å². The lowest BCUT2D eigenvalue weighted by molar-refractivity contribution is -0.137. The van der Waals surface area contributed by atoms with Crippen molar-refractivity contribution in [1.29, 1.82) is 0 Å². The van der Waals surface area contributed by atoms with Crippen LogP contribution in [0.4, 0.5) is 24.5 Å². The van der Waals surface area contributed by atoms with Gasteiger partial charge in [0.1, 0.15) is 0 Å². The smallest absolute Gasteiger partial charge is 0.355 e. The van der Waals surface area contributed by atoms with Gasteiger partial charge in [-0.2, -0.15) is 13.2 Å². The molecule has 2 rings (SSSR count). The molecule has 0 saturated carbocycles. The third-order valence-electron chi connectivity index (χ3n) is 2.85. The number of hydrogen-bond acceptors (Lipinski definition) is 2. The maximum atomic E-state index is 12.7. The first-order valence-corrected chi connectivity index (χ1v) is 6.17. The summed E-state index contributed by atoms with van der Waals surface area (Å²) in [4.78, 5) is 0. The summed E-state index contributed by atoms with van der Waals surface area (Å²) in [5.74, 6) is 0. The summed E-state index contributed by atoms with van der Waals surface area (Å²) in [6.45, 7) is 0.641. The van der Waals surface area contributed by atoms with E-state index in [-0.39, 0.29) is 0 Å². The highest BCUT2D eigenvalue weighted by molar-refractivity contribution is 5.63. The Morgan fingerprint density at radius 1 is 1.00 bits per heavy atom. The van der Waals surface area contributed by atoms with Crippen LogP contribution in [-0.4, -0.2) is 7.05 Å². The van der Waals surface area contributed by atoms with Crippen LogP contribution in [0.15, 0.2) is 48.5 Å². The molecule has 2 aromatic carbocycles. The number of rotatable bonds is 4. The fourth-order valence-corrected chi connectivity index (χ4v) is 1.92. The first-order valence-electron chi connectivity index (χ1n) is 6.17. The molecule has 0 unspecified atom stereocenters. The molecular weight excluding hydrogens is 265 g/mol. The standard InChI is InChI=1S/C15H15F3N2/c1-19-10-11-5-2-3-8-14(11)20-13-7-4-6-12(9-13)15(16,17)18/h2-9,19-20H,10H2,1H3. The van der Waals surface area contributed by atoms with E-state index in [1.807, 2.05) is 31.3 Å². The van der Waals surface area contributed by atoms with Crippen molar-refractivity contribution < 1.29 is 13.2 Å². The van der Waals surface area contributed by atoms with Crippen LogP contribution in [0, 0.1) is 0 Å². The number of hydrogen-bond donors (Lipinski definition) is 2. The minimum atomic E-state index is -4.33. The van der Waals surface area contributed by atoms with Crippen molar-refractivity contribution in [3.05, 3.63) is 59.7 Å². The number of benzene rings is 2. The average molecular weight is 280 g/mol. The number of nitrogens with one attached hydrogen (secondary N) is 2. The molecule has 106 valence electrons. The van der Waals surface area contributed by atoms with Gasteiger partial charge in [-0.25, -0.2) is 0 Å². The lowest BCUT2D eigenvalue weighted by Crippen LogP contribution is -2.08. The van der Waals surface area contributed by atoms with Gasteiger partial charge in [0, 0.05) is 17.9 Å². The van der Waals surface area contributed by atoms with Crippen molar-refractivity contribution in [3.63, 3.8) is 0 Å². The van der Waals surface area contributed by atoms with Crippen LogP contribution in [-0.2, 0) is 12.7 Å². The van der Waals surface area contributed by atoms with Crippen LogP contribution in [0.1, 0.15) is 11.1 Å². The first kappa shape index (κ1) is 14.4. The SMILES string of the molecule is CNCc1ccccc1Nc1cccc(C(F)(F)F)c1. The Morgan fingerprint density at radius 2 is 1.75 bits per heavy atom. The second kappa shape index (κ2) is 5.96. The van der Waals surface area contributed by atoms with E-state index in [0.29, 0.717) is 12.2 Å². The average Bonchev–Trinajstić information content (AvgIpc) is 2.41. The molecule has 0 saturated heterocycles. The molecule has 0 radical (unpaired) electrons. The van der Waals surface area contributed by atoms with Crippen molar-refractivity contribution in [2.45, 2.75) is 12.7 Å². The Labute approximate surface area is 115 Å². The highest BCUT2D eigenvalue weighted by Gasteiger charge is 2.30. The van der Waals surface area contributed by atoms with E-state index in [1.165, 1.54) is 6.07 Å². The Balaban J connectivity index is 2.26. The van der Waals surface area contributed by atoms with E-state index < -0.39 is 11.7 Å². The maximum absolute atomic E-state index is 12.7. The minimum Gasteiger partial charge on any atom is -0.355 e. The molecular formula is C15H15F3N2. The number of anilines is 2. The lowest BCUT2D eigenvalue weighted by atomic mass is 10.1. The molecule has 2 nitrogen and oxygen atoms in total. The predicted molar refractivity (Wildman–Crippen MR) is 73.9 cm³/mol. The Kier molecular flexibility index (Phi) is 4.29. The van der Waals surface area contributed by atoms with Gasteiger partial charge in [-0.15, -0.1) is 0 Å². The summed E-state index contributed by atoms with van der Waals surface area (Å²) >= 11 is 0. The van der Waals surface area contributed by atoms with Gasteiger partial charge in [0.15, 0.2) is 0 Å². The van der Waals surface area contributed by atoms with E-state index in [9.17, 15) is 13.2 Å². The molecule has 0 aliphatic heterocycles. The molecule has 0 heterocycles. The number of para-hydroxylation sites is 1. The van der Waals surface area contributed by atoms with E-state index in [0.717, 1.165) is 23.4 Å². The van der Waals surface area contributed by atoms with Crippen molar-refractivity contribution in [1.82, 2.24) is 5.32 Å². The van der Waals surface area contributed by atoms with Crippen LogP contribution in [0.5, 0.6) is 0 Å². The summed E-state index contributed by atoms with van der Waals surface area (Å²) in [5, 5.41) is 6.06. The molecule has 0 fully saturated rings. The molecule has 5 heteroatoms. The van der Waals surface area contributed by atoms with Crippen LogP contribution in [0.2, 0.25) is 0 Å². The molecule has 20 heavy (non-hydrogen) atoms. The van der Waals surface area contributed by atoms with Crippen molar-refractivity contribution in [3.8, 4) is 0 Å². The molecule has 0 aliphatic carbocycles. The molecule has 0 spiro atoms. The molecule has 0 aliphatic rings. The van der Waals surface area contributed by atoms with E-state index >= 15 is 0 Å². The van der Waals surface area contributed by atoms with Crippen LogP contribution < -0.4 is 10.6 Å². The topological polar surface area (TPSA) is 24.1 Å². The van der Waals surface area contributed by atoms with Crippen molar-refractivity contribution >= 4 is 11.4 Å². The molecule has 2 N–H and O–H groups in total. The van der Waals surface area contributed by atoms with Gasteiger partial charge < -0.3 is 10.6 Å². The number of halogens is 3. The Bertz CT molecular complexity index is 579. The fourth-order valence-electron chi connectivity index (χ4n) is 1.92. The van der Waals surface area contributed by atoms with Gasteiger partial charge >= 0.3 is 6.18 Å². The van der Waals surface area contributed by atoms with Crippen LogP contribution in [0.25, 0.3) is 0 Å². The van der Waals surface area contributed by atoms with Crippen LogP contribution >= 0.6 is 0 Å². The maximum Gasteiger partial charge on any atom is 0.416 e. The van der Waals surface area contributed by atoms with Crippen molar-refractivity contribution in [2.75, 3.05) is 12.4 Å². The predicted octanol–water partition coefficient (Wildman–Crippen LogP) is 4.17. The zero-order valence-corrected chi connectivity index (χ0v) is 11.0. The largest absolute Gasteiger partial charge is 0.416 e. The van der Waals surface area contributed by atoms with E-state index in [2.05, 4.69) is 10.6 Å². The quantitative estimate of drug-likeness (QED) is 0.878. The van der Waals surface area contributed by atoms with Gasteiger partial charge in [0.05, 0.1) is 5.56 Å². The summed E-state index contributed by atoms with van der Waals surface area (Å²) in [6.07, 6.45) is -4.33. The van der Waals surface area contributed by atoms with Gasteiger partial charge in [0.2, 0.25) is 0 Å². The van der Waals surface area contributed by atoms with Crippen molar-refractivity contribution in [2.24, 2.45) is 0 Å². The third kappa shape index (κ3) is 3.51. The third-order valence-corrected chi connectivity index (χ3v) is 2.85. The molecule has 0 bridgehead atoms. The molecule has 0 atom stereocenters. The number of alkyl halides is 3. The van der Waals surface area contributed by atoms with Gasteiger partial charge in [-0.05, 0) is 36.9 Å². The summed E-state index contributed by atoms with van der Waals surface area (Å²) in [7, 11) is 1.82. The van der Waals surface area contributed by atoms with Gasteiger partial charge in [-0.3, -0.25) is 0 Å². The Hall–Kier alpha value is -2.01. The highest BCUT2D eigenvalue weighted by atomic mass is 19.4. The normalized spacial score (nSPS) is 11.4. The second-order valence-corrected chi connectivity index (χ2v) is 4.39. The van der Waals surface area contributed by atoms with Gasteiger partial charge in [-0.1, -0.05) is 24.3 Å². The molecule has 0 aromatic heterocycles.